The van der Waals surface area contributed by atoms with Crippen molar-refractivity contribution in [3.8, 4) is 0 Å². The number of carbonyl (C=O) groups is 1. The first-order chi connectivity index (χ1) is 11.2. The van der Waals surface area contributed by atoms with Crippen molar-refractivity contribution in [2.24, 2.45) is 0 Å². The zero-order valence-corrected chi connectivity index (χ0v) is 14.3. The molecule has 2 N–H and O–H groups in total. The molecule has 0 spiro atoms. The van der Waals surface area contributed by atoms with Crippen molar-refractivity contribution in [2.75, 3.05) is 19.6 Å². The van der Waals surface area contributed by atoms with Crippen LogP contribution in [0.1, 0.15) is 45.4 Å². The predicted molar refractivity (Wildman–Crippen MR) is 94.2 cm³/mol. The quantitative estimate of drug-likeness (QED) is 0.887. The maximum Gasteiger partial charge on any atom is 0.251 e. The lowest BCUT2D eigenvalue weighted by Crippen LogP contribution is -2.28. The number of hydrogen-bond donors (Lipinski definition) is 2. The van der Waals surface area contributed by atoms with Gasteiger partial charge in [0.1, 0.15) is 0 Å². The topological polar surface area (TPSA) is 54.0 Å². The van der Waals surface area contributed by atoms with Gasteiger partial charge in [-0.3, -0.25) is 4.79 Å². The average molecular weight is 329 g/mol. The van der Waals surface area contributed by atoms with Crippen LogP contribution in [-0.2, 0) is 6.42 Å². The zero-order chi connectivity index (χ0) is 16.1. The molecule has 0 saturated carbocycles. The molecule has 122 valence electrons. The Hall–Kier alpha value is -1.72. The molecule has 0 bridgehead atoms. The molecular weight excluding hydrogens is 306 g/mol. The number of thiazole rings is 1. The monoisotopic (exact) mass is 329 g/mol. The summed E-state index contributed by atoms with van der Waals surface area (Å²) in [4.78, 5) is 16.6. The smallest absolute Gasteiger partial charge is 0.251 e. The summed E-state index contributed by atoms with van der Waals surface area (Å²) in [5.41, 5.74) is 3.10. The molecule has 1 aliphatic rings. The van der Waals surface area contributed by atoms with Crippen LogP contribution in [-0.4, -0.2) is 30.5 Å². The van der Waals surface area contributed by atoms with E-state index in [0.29, 0.717) is 12.5 Å². The van der Waals surface area contributed by atoms with Crippen molar-refractivity contribution in [1.29, 1.82) is 0 Å². The van der Waals surface area contributed by atoms with Crippen molar-refractivity contribution in [1.82, 2.24) is 15.6 Å². The number of rotatable bonds is 5. The van der Waals surface area contributed by atoms with Crippen LogP contribution >= 0.6 is 11.3 Å². The molecular formula is C18H23N3OS. The second-order valence-corrected chi connectivity index (χ2v) is 7.00. The van der Waals surface area contributed by atoms with Crippen LogP contribution in [0.5, 0.6) is 0 Å². The maximum atomic E-state index is 12.2. The van der Waals surface area contributed by atoms with Gasteiger partial charge in [0.25, 0.3) is 5.91 Å². The number of aromatic nitrogens is 1. The molecule has 1 aliphatic heterocycles. The molecule has 5 heteroatoms. The highest BCUT2D eigenvalue weighted by Gasteiger charge is 2.15. The number of hydrogen-bond acceptors (Lipinski definition) is 4. The van der Waals surface area contributed by atoms with Crippen molar-refractivity contribution >= 4 is 17.2 Å². The predicted octanol–water partition coefficient (Wildman–Crippen LogP) is 2.89. The van der Waals surface area contributed by atoms with Gasteiger partial charge < -0.3 is 10.6 Å². The molecule has 1 saturated heterocycles. The van der Waals surface area contributed by atoms with Gasteiger partial charge in [0, 0.05) is 36.1 Å². The summed E-state index contributed by atoms with van der Waals surface area (Å²) in [6, 6.07) is 8.06. The van der Waals surface area contributed by atoms with E-state index in [1.165, 1.54) is 18.4 Å². The molecule has 1 fully saturated rings. The van der Waals surface area contributed by atoms with E-state index >= 15 is 0 Å². The van der Waals surface area contributed by atoms with E-state index in [0.717, 1.165) is 35.8 Å². The summed E-state index contributed by atoms with van der Waals surface area (Å²) >= 11 is 1.65. The van der Waals surface area contributed by atoms with Crippen LogP contribution in [0.3, 0.4) is 0 Å². The number of piperidine rings is 1. The van der Waals surface area contributed by atoms with Crippen molar-refractivity contribution in [3.63, 3.8) is 0 Å². The minimum Gasteiger partial charge on any atom is -0.352 e. The Bertz CT molecular complexity index is 645. The van der Waals surface area contributed by atoms with Gasteiger partial charge in [-0.1, -0.05) is 12.1 Å². The normalized spacial score (nSPS) is 17.9. The number of nitrogens with zero attached hydrogens (tertiary/aromatic N) is 1. The molecule has 1 aromatic heterocycles. The van der Waals surface area contributed by atoms with Crippen molar-refractivity contribution in [3.05, 3.63) is 51.5 Å². The summed E-state index contributed by atoms with van der Waals surface area (Å²) in [5, 5.41) is 9.51. The summed E-state index contributed by atoms with van der Waals surface area (Å²) in [5.74, 6) is 0.570. The van der Waals surface area contributed by atoms with E-state index in [-0.39, 0.29) is 5.91 Å². The second-order valence-electron chi connectivity index (χ2n) is 6.05. The van der Waals surface area contributed by atoms with Crippen LogP contribution in [0, 0.1) is 6.92 Å². The fourth-order valence-electron chi connectivity index (χ4n) is 2.95. The summed E-state index contributed by atoms with van der Waals surface area (Å²) in [6.45, 7) is 4.77. The minimum atomic E-state index is -0.00778. The Morgan fingerprint density at radius 1 is 1.39 bits per heavy atom. The number of aryl methyl sites for hydroxylation is 1. The van der Waals surface area contributed by atoms with E-state index in [9.17, 15) is 4.79 Å². The molecule has 3 rings (SSSR count). The third-order valence-corrected chi connectivity index (χ3v) is 5.26. The summed E-state index contributed by atoms with van der Waals surface area (Å²) in [6.07, 6.45) is 3.24. The van der Waals surface area contributed by atoms with Crippen LogP contribution in [0.2, 0.25) is 0 Å². The number of nitrogens with one attached hydrogen (secondary N) is 2. The molecule has 1 amide bonds. The van der Waals surface area contributed by atoms with Crippen LogP contribution < -0.4 is 10.6 Å². The highest BCUT2D eigenvalue weighted by molar-refractivity contribution is 7.09. The van der Waals surface area contributed by atoms with Gasteiger partial charge >= 0.3 is 0 Å². The Balaban J connectivity index is 1.50. The van der Waals surface area contributed by atoms with E-state index in [2.05, 4.69) is 27.8 Å². The van der Waals surface area contributed by atoms with Gasteiger partial charge in [0.15, 0.2) is 0 Å². The fraction of sp³-hybridized carbons (Fsp3) is 0.444. The lowest BCUT2D eigenvalue weighted by molar-refractivity contribution is 0.0954. The molecule has 1 aromatic carbocycles. The van der Waals surface area contributed by atoms with Crippen LogP contribution in [0.4, 0.5) is 0 Å². The van der Waals surface area contributed by atoms with Gasteiger partial charge in [0.2, 0.25) is 0 Å². The Morgan fingerprint density at radius 2 is 2.22 bits per heavy atom. The van der Waals surface area contributed by atoms with Crippen molar-refractivity contribution < 1.29 is 4.79 Å². The summed E-state index contributed by atoms with van der Waals surface area (Å²) in [7, 11) is 0. The third-order valence-electron chi connectivity index (χ3n) is 4.23. The van der Waals surface area contributed by atoms with Crippen LogP contribution in [0.15, 0.2) is 29.6 Å². The van der Waals surface area contributed by atoms with Gasteiger partial charge in [-0.2, -0.15) is 0 Å². The van der Waals surface area contributed by atoms with Gasteiger partial charge in [-0.05, 0) is 49.9 Å². The highest BCUT2D eigenvalue weighted by Crippen LogP contribution is 2.23. The summed E-state index contributed by atoms with van der Waals surface area (Å²) < 4.78 is 0. The van der Waals surface area contributed by atoms with E-state index in [1.807, 2.05) is 24.4 Å². The van der Waals surface area contributed by atoms with Gasteiger partial charge in [0.05, 0.1) is 5.01 Å². The first-order valence-electron chi connectivity index (χ1n) is 8.22. The zero-order valence-electron chi connectivity index (χ0n) is 13.5. The maximum absolute atomic E-state index is 12.2. The fourth-order valence-corrected chi connectivity index (χ4v) is 3.72. The molecule has 0 radical (unpaired) electrons. The standard InChI is InChI=1S/C18H23N3OS/c1-13-12-23-17(21-13)8-10-20-18(22)15-6-4-14(5-7-15)16-3-2-9-19-11-16/h4-7,12,16,19H,2-3,8-11H2,1H3,(H,20,22)/t16-/m0/s1. The average Bonchev–Trinajstić information content (AvgIpc) is 3.01. The molecule has 4 nitrogen and oxygen atoms in total. The van der Waals surface area contributed by atoms with E-state index in [1.54, 1.807) is 11.3 Å². The lowest BCUT2D eigenvalue weighted by Gasteiger charge is -2.23. The van der Waals surface area contributed by atoms with E-state index < -0.39 is 0 Å². The van der Waals surface area contributed by atoms with E-state index in [4.69, 9.17) is 0 Å². The second kappa shape index (κ2) is 7.70. The lowest BCUT2D eigenvalue weighted by atomic mass is 9.91. The number of carbonyl (C=O) groups excluding carboxylic acids is 1. The highest BCUT2D eigenvalue weighted by atomic mass is 32.1. The molecule has 23 heavy (non-hydrogen) atoms. The molecule has 0 aliphatic carbocycles. The Labute approximate surface area is 141 Å². The van der Waals surface area contributed by atoms with Crippen LogP contribution in [0.25, 0.3) is 0 Å². The Morgan fingerprint density at radius 3 is 2.87 bits per heavy atom. The first kappa shape index (κ1) is 16.1. The largest absolute Gasteiger partial charge is 0.352 e. The minimum absolute atomic E-state index is 0.00778. The SMILES string of the molecule is Cc1csc(CCNC(=O)c2ccc([C@H]3CCCNC3)cc2)n1. The third kappa shape index (κ3) is 4.39. The first-order valence-corrected chi connectivity index (χ1v) is 9.10. The molecule has 2 heterocycles. The molecule has 1 atom stereocenters. The van der Waals surface area contributed by atoms with Gasteiger partial charge in [-0.15, -0.1) is 11.3 Å². The molecule has 2 aromatic rings. The Kier molecular flexibility index (Phi) is 5.41. The number of benzene rings is 1. The van der Waals surface area contributed by atoms with Crippen molar-refractivity contribution in [2.45, 2.75) is 32.1 Å². The number of amides is 1. The van der Waals surface area contributed by atoms with Gasteiger partial charge in [-0.25, -0.2) is 4.98 Å². The molecule has 0 unspecified atom stereocenters.